The normalized spacial score (nSPS) is 11.9. The molecular formula is C12H21AlClNaO13. The maximum Gasteiger partial charge on any atom is 3.00 e. The Kier molecular flexibility index (Phi) is 51.2. The molecule has 0 bridgehead atoms. The number of rotatable bonds is 4. The van der Waals surface area contributed by atoms with Crippen LogP contribution >= 0.6 is 11.9 Å². The Morgan fingerprint density at radius 3 is 0.607 bits per heavy atom. The van der Waals surface area contributed by atoms with E-state index < -0.39 is 48.3 Å². The van der Waals surface area contributed by atoms with Gasteiger partial charge < -0.3 is 60.0 Å². The minimum atomic E-state index is -1.44. The van der Waals surface area contributed by atoms with Gasteiger partial charge in [-0.25, -0.2) is 0 Å². The molecule has 5 N–H and O–H groups in total. The molecule has 0 aliphatic heterocycles. The maximum atomic E-state index is 9.34. The molecule has 0 heterocycles. The molecule has 16 heteroatoms. The largest absolute Gasteiger partial charge is 3.00 e. The van der Waals surface area contributed by atoms with Crippen LogP contribution in [0.4, 0.5) is 0 Å². The third-order valence-electron chi connectivity index (χ3n) is 1.36. The van der Waals surface area contributed by atoms with Gasteiger partial charge in [0, 0.05) is 0 Å². The monoisotopic (exact) mass is 458 g/mol. The second-order valence-electron chi connectivity index (χ2n) is 3.98. The summed E-state index contributed by atoms with van der Waals surface area (Å²) in [6.45, 7) is 4.54. The Labute approximate surface area is 198 Å². The van der Waals surface area contributed by atoms with Crippen LogP contribution in [0.5, 0.6) is 0 Å². The first kappa shape index (κ1) is 46.0. The van der Waals surface area contributed by atoms with E-state index in [2.05, 4.69) is 11.9 Å². The minimum absolute atomic E-state index is 0. The average molecular weight is 459 g/mol. The zero-order chi connectivity index (χ0) is 22.6. The van der Waals surface area contributed by atoms with Gasteiger partial charge in [0.2, 0.25) is 0 Å². The summed E-state index contributed by atoms with van der Waals surface area (Å²) in [5, 5.41) is 69.2. The van der Waals surface area contributed by atoms with Crippen LogP contribution in [0, 0.1) is 0 Å². The van der Waals surface area contributed by atoms with Crippen molar-refractivity contribution in [3.05, 3.63) is 0 Å². The van der Waals surface area contributed by atoms with Crippen molar-refractivity contribution in [3.8, 4) is 0 Å². The van der Waals surface area contributed by atoms with Crippen LogP contribution in [0.1, 0.15) is 27.7 Å². The first-order chi connectivity index (χ1) is 11.6. The predicted molar refractivity (Wildman–Crippen MR) is 80.6 cm³/mol. The van der Waals surface area contributed by atoms with Gasteiger partial charge in [0.05, 0.1) is 60.2 Å². The molecule has 0 radical (unpaired) electrons. The molecule has 0 aromatic carbocycles. The number of carboxylic acids is 4. The number of halogens is 1. The molecule has 0 amide bonds. The molecule has 158 valence electrons. The van der Waals surface area contributed by atoms with Gasteiger partial charge in [0.15, 0.2) is 0 Å². The molecule has 0 spiro atoms. The zero-order valence-corrected chi connectivity index (χ0v) is 19.7. The standard InChI is InChI=1S/4C3H6O3.Al.ClHO.Na/c4*1-2(4)3(5)6;;1-2;/h4*2,4H,1H3,(H,5,6);;2H;/q;;;;+3;;+1/p-4. The molecule has 0 fully saturated rings. The van der Waals surface area contributed by atoms with Crippen molar-refractivity contribution in [1.29, 1.82) is 0 Å². The number of aliphatic carboxylic acids is 4. The van der Waals surface area contributed by atoms with Crippen LogP contribution in [-0.4, -0.2) is 90.7 Å². The summed E-state index contributed by atoms with van der Waals surface area (Å²) in [5.41, 5.74) is 0. The third-order valence-corrected chi connectivity index (χ3v) is 1.36. The van der Waals surface area contributed by atoms with Gasteiger partial charge in [-0.05, 0) is 27.7 Å². The SMILES string of the molecule is CC(O)C(=O)[O-].CC(O)C(=O)[O-].CC(O)C(=O)[O-].CC(O)C(=O)[O-].OCl.[Al+3].[Na+]. The van der Waals surface area contributed by atoms with Crippen molar-refractivity contribution in [2.45, 2.75) is 52.1 Å². The summed E-state index contributed by atoms with van der Waals surface area (Å²) in [5.74, 6) is -5.74. The maximum absolute atomic E-state index is 9.34. The van der Waals surface area contributed by atoms with Crippen LogP contribution in [0.3, 0.4) is 0 Å². The number of carbonyl (C=O) groups excluding carboxylic acids is 4. The smallest absolute Gasteiger partial charge is 0.547 e. The van der Waals surface area contributed by atoms with E-state index in [4.69, 9.17) is 25.1 Å². The van der Waals surface area contributed by atoms with Crippen LogP contribution in [0.25, 0.3) is 0 Å². The Bertz CT molecular complexity index is 320. The Hall–Kier alpha value is -0.498. The quantitative estimate of drug-likeness (QED) is 0.245. The Morgan fingerprint density at radius 2 is 0.607 bits per heavy atom. The molecule has 4 unspecified atom stereocenters. The van der Waals surface area contributed by atoms with Crippen LogP contribution in [-0.2, 0) is 19.2 Å². The molecule has 0 saturated carbocycles. The van der Waals surface area contributed by atoms with E-state index in [0.717, 1.165) is 27.7 Å². The second kappa shape index (κ2) is 31.2. The Balaban J connectivity index is -0.0000000398. The van der Waals surface area contributed by atoms with E-state index in [1.165, 1.54) is 0 Å². The van der Waals surface area contributed by atoms with E-state index in [-0.39, 0.29) is 46.9 Å². The molecule has 0 saturated heterocycles. The number of hydrogen-bond donors (Lipinski definition) is 5. The second-order valence-corrected chi connectivity index (χ2v) is 3.98. The molecule has 0 aliphatic rings. The summed E-state index contributed by atoms with van der Waals surface area (Å²) in [4.78, 5) is 37.4. The summed E-state index contributed by atoms with van der Waals surface area (Å²) in [6.07, 6.45) is -5.37. The summed E-state index contributed by atoms with van der Waals surface area (Å²) >= 11 is 3.64. The first-order valence-corrected chi connectivity index (χ1v) is 6.64. The van der Waals surface area contributed by atoms with Crippen LogP contribution in [0.15, 0.2) is 0 Å². The molecule has 0 aliphatic carbocycles. The topological polar surface area (TPSA) is 262 Å². The van der Waals surface area contributed by atoms with Gasteiger partial charge >= 0.3 is 46.9 Å². The number of carboxylic acid groups (broad SMARTS) is 4. The van der Waals surface area contributed by atoms with Crippen molar-refractivity contribution in [2.24, 2.45) is 0 Å². The number of aliphatic hydroxyl groups is 4. The molecular weight excluding hydrogens is 438 g/mol. The van der Waals surface area contributed by atoms with Gasteiger partial charge in [0.25, 0.3) is 0 Å². The fourth-order valence-corrected chi connectivity index (χ4v) is 0. The predicted octanol–water partition coefficient (Wildman–Crippen LogP) is -10.8. The third kappa shape index (κ3) is 63.7. The number of aliphatic hydroxyl groups excluding tert-OH is 4. The molecule has 0 aromatic heterocycles. The molecule has 4 atom stereocenters. The molecule has 0 rings (SSSR count). The van der Waals surface area contributed by atoms with E-state index >= 15 is 0 Å². The number of carbonyl (C=O) groups is 4. The molecule has 28 heavy (non-hydrogen) atoms. The summed E-state index contributed by atoms with van der Waals surface area (Å²) < 4.78 is 6.47. The fourth-order valence-electron chi connectivity index (χ4n) is 0. The van der Waals surface area contributed by atoms with Crippen LogP contribution < -0.4 is 50.0 Å². The van der Waals surface area contributed by atoms with E-state index in [9.17, 15) is 39.6 Å². The Morgan fingerprint density at radius 1 is 0.571 bits per heavy atom. The van der Waals surface area contributed by atoms with Gasteiger partial charge in [-0.2, -0.15) is 0 Å². The summed E-state index contributed by atoms with van der Waals surface area (Å²) in [6, 6.07) is 0. The van der Waals surface area contributed by atoms with Gasteiger partial charge in [-0.1, -0.05) is 0 Å². The number of hydrogen-bond acceptors (Lipinski definition) is 13. The van der Waals surface area contributed by atoms with Crippen molar-refractivity contribution in [2.75, 3.05) is 0 Å². The molecule has 0 aromatic rings. The van der Waals surface area contributed by atoms with Gasteiger partial charge in [-0.3, -0.25) is 4.66 Å². The van der Waals surface area contributed by atoms with E-state index in [1.807, 2.05) is 0 Å². The fraction of sp³-hybridized carbons (Fsp3) is 0.667. The zero-order valence-electron chi connectivity index (χ0n) is 15.8. The minimum Gasteiger partial charge on any atom is -0.547 e. The first-order valence-electron chi connectivity index (χ1n) is 6.30. The van der Waals surface area contributed by atoms with Crippen LogP contribution in [0.2, 0.25) is 0 Å². The average Bonchev–Trinajstić information content (AvgIpc) is 2.50. The summed E-state index contributed by atoms with van der Waals surface area (Å²) in [7, 11) is 0. The van der Waals surface area contributed by atoms with Crippen molar-refractivity contribution >= 4 is 53.1 Å². The van der Waals surface area contributed by atoms with Crippen molar-refractivity contribution < 1.29 is 94.2 Å². The van der Waals surface area contributed by atoms with Crippen molar-refractivity contribution in [3.63, 3.8) is 0 Å². The van der Waals surface area contributed by atoms with E-state index in [1.54, 1.807) is 0 Å². The van der Waals surface area contributed by atoms with Gasteiger partial charge in [-0.15, -0.1) is 0 Å². The van der Waals surface area contributed by atoms with E-state index in [0.29, 0.717) is 0 Å². The molecule has 13 nitrogen and oxygen atoms in total. The van der Waals surface area contributed by atoms with Gasteiger partial charge in [0.1, 0.15) is 0 Å². The van der Waals surface area contributed by atoms with Crippen molar-refractivity contribution in [1.82, 2.24) is 0 Å².